The molecule has 1 fully saturated rings. The first kappa shape index (κ1) is 24.2. The van der Waals surface area contributed by atoms with Crippen LogP contribution in [0.5, 0.6) is 17.2 Å². The molecule has 7 heteroatoms. The summed E-state index contributed by atoms with van der Waals surface area (Å²) in [6.07, 6.45) is 1.61. The highest BCUT2D eigenvalue weighted by molar-refractivity contribution is 6.46. The van der Waals surface area contributed by atoms with Crippen LogP contribution in [0.2, 0.25) is 0 Å². The maximum atomic E-state index is 13.2. The lowest BCUT2D eigenvalue weighted by molar-refractivity contribution is -0.139. The van der Waals surface area contributed by atoms with E-state index in [9.17, 15) is 14.7 Å². The summed E-state index contributed by atoms with van der Waals surface area (Å²) < 4.78 is 16.6. The largest absolute Gasteiger partial charge is 0.506 e. The molecule has 176 valence electrons. The Morgan fingerprint density at radius 1 is 1.03 bits per heavy atom. The van der Waals surface area contributed by atoms with Crippen LogP contribution in [0.25, 0.3) is 5.76 Å². The first-order valence-corrected chi connectivity index (χ1v) is 11.1. The maximum Gasteiger partial charge on any atom is 0.295 e. The minimum absolute atomic E-state index is 0.0106. The summed E-state index contributed by atoms with van der Waals surface area (Å²) in [7, 11) is 2.94. The molecule has 0 bridgehead atoms. The van der Waals surface area contributed by atoms with E-state index in [0.717, 1.165) is 12.8 Å². The van der Waals surface area contributed by atoms with E-state index >= 15 is 0 Å². The highest BCUT2D eigenvalue weighted by Crippen LogP contribution is 2.43. The van der Waals surface area contributed by atoms with Crippen molar-refractivity contribution in [1.29, 1.82) is 0 Å². The molecule has 0 aliphatic carbocycles. The first-order valence-electron chi connectivity index (χ1n) is 11.1. The Kier molecular flexibility index (Phi) is 7.63. The lowest BCUT2D eigenvalue weighted by Crippen LogP contribution is -2.30. The molecule has 3 rings (SSSR count). The van der Waals surface area contributed by atoms with Gasteiger partial charge in [-0.15, -0.1) is 0 Å². The van der Waals surface area contributed by atoms with Crippen LogP contribution in [-0.2, 0) is 9.59 Å². The first-order chi connectivity index (χ1) is 15.8. The number of hydrogen-bond donors (Lipinski definition) is 1. The molecule has 0 spiro atoms. The summed E-state index contributed by atoms with van der Waals surface area (Å²) in [5.41, 5.74) is 0.953. The number of nitrogens with zero attached hydrogens (tertiary/aromatic N) is 1. The number of Topliss-reactive ketones (excluding diaryl/α,β-unsaturated/α-hetero) is 1. The number of likely N-dealkylation sites (tertiary alicyclic amines) is 1. The van der Waals surface area contributed by atoms with Crippen LogP contribution in [0.15, 0.2) is 48.0 Å². The Morgan fingerprint density at radius 2 is 1.64 bits per heavy atom. The van der Waals surface area contributed by atoms with Gasteiger partial charge >= 0.3 is 0 Å². The molecule has 0 saturated carbocycles. The number of methoxy groups -OCH3 is 2. The van der Waals surface area contributed by atoms with Crippen molar-refractivity contribution in [2.24, 2.45) is 0 Å². The van der Waals surface area contributed by atoms with Gasteiger partial charge in [0.1, 0.15) is 28.6 Å². The predicted octanol–water partition coefficient (Wildman–Crippen LogP) is 4.71. The molecule has 1 N–H and O–H groups in total. The summed E-state index contributed by atoms with van der Waals surface area (Å²) in [5, 5.41) is 11.4. The van der Waals surface area contributed by atoms with E-state index in [1.165, 1.54) is 19.1 Å². The number of carbonyl (C=O) groups excluding carboxylic acids is 2. The van der Waals surface area contributed by atoms with Crippen LogP contribution < -0.4 is 14.2 Å². The number of aliphatic hydroxyl groups is 1. The van der Waals surface area contributed by atoms with Gasteiger partial charge in [0, 0.05) is 6.54 Å². The number of carbonyl (C=O) groups is 2. The predicted molar refractivity (Wildman–Crippen MR) is 126 cm³/mol. The molecule has 2 aromatic carbocycles. The molecule has 1 aliphatic heterocycles. The lowest BCUT2D eigenvalue weighted by atomic mass is 9.94. The second-order valence-electron chi connectivity index (χ2n) is 8.12. The zero-order valence-electron chi connectivity index (χ0n) is 19.8. The van der Waals surface area contributed by atoms with Crippen LogP contribution in [0.3, 0.4) is 0 Å². The third kappa shape index (κ3) is 4.82. The minimum Gasteiger partial charge on any atom is -0.506 e. The van der Waals surface area contributed by atoms with E-state index < -0.39 is 17.7 Å². The zero-order valence-corrected chi connectivity index (χ0v) is 19.8. The molecule has 0 radical (unpaired) electrons. The van der Waals surface area contributed by atoms with Crippen molar-refractivity contribution in [2.75, 3.05) is 20.8 Å². The normalized spacial score (nSPS) is 17.5. The third-order valence-corrected chi connectivity index (χ3v) is 5.52. The van der Waals surface area contributed by atoms with Crippen molar-refractivity contribution in [1.82, 2.24) is 4.90 Å². The molecular formula is C26H31NO6. The van der Waals surface area contributed by atoms with Gasteiger partial charge in [-0.3, -0.25) is 9.59 Å². The Labute approximate surface area is 194 Å². The van der Waals surface area contributed by atoms with Gasteiger partial charge < -0.3 is 24.2 Å². The van der Waals surface area contributed by atoms with Gasteiger partial charge in [-0.1, -0.05) is 31.5 Å². The fourth-order valence-electron chi connectivity index (χ4n) is 4.01. The van der Waals surface area contributed by atoms with Crippen LogP contribution in [0.4, 0.5) is 0 Å². The molecule has 1 aliphatic rings. The van der Waals surface area contributed by atoms with Crippen LogP contribution >= 0.6 is 0 Å². The molecule has 1 atom stereocenters. The number of unbranched alkanes of at least 4 members (excludes halogenated alkanes) is 1. The van der Waals surface area contributed by atoms with Gasteiger partial charge in [0.2, 0.25) is 0 Å². The standard InChI is InChI=1S/C26H31NO6/c1-6-7-15-27-23(17-11-13-18(14-12-17)33-16(2)3)22(25(29)26(27)30)24(28)21-19(31-4)9-8-10-20(21)32-5/h8-14,16,23,28H,6-7,15H2,1-5H3/b24-22+. The fourth-order valence-corrected chi connectivity index (χ4v) is 4.01. The summed E-state index contributed by atoms with van der Waals surface area (Å²) in [4.78, 5) is 27.7. The number of hydrogen-bond acceptors (Lipinski definition) is 6. The second kappa shape index (κ2) is 10.4. The molecular weight excluding hydrogens is 422 g/mol. The number of rotatable bonds is 9. The molecule has 0 aromatic heterocycles. The van der Waals surface area contributed by atoms with Gasteiger partial charge in [0.25, 0.3) is 11.7 Å². The molecule has 2 aromatic rings. The minimum atomic E-state index is -0.737. The lowest BCUT2D eigenvalue weighted by Gasteiger charge is -2.25. The zero-order chi connectivity index (χ0) is 24.1. The third-order valence-electron chi connectivity index (χ3n) is 5.52. The number of benzene rings is 2. The summed E-state index contributed by atoms with van der Waals surface area (Å²) in [6.45, 7) is 6.29. The Bertz CT molecular complexity index is 1020. The van der Waals surface area contributed by atoms with E-state index in [-0.39, 0.29) is 23.0 Å². The summed E-state index contributed by atoms with van der Waals surface area (Å²) in [6, 6.07) is 11.6. The number of amides is 1. The van der Waals surface area contributed by atoms with Crippen LogP contribution in [0, 0.1) is 0 Å². The Morgan fingerprint density at radius 3 is 2.15 bits per heavy atom. The fraction of sp³-hybridized carbons (Fsp3) is 0.385. The van der Waals surface area contributed by atoms with E-state index in [1.807, 2.05) is 32.9 Å². The van der Waals surface area contributed by atoms with Crippen molar-refractivity contribution in [3.63, 3.8) is 0 Å². The average Bonchev–Trinajstić information content (AvgIpc) is 3.06. The Hall–Kier alpha value is -3.48. The summed E-state index contributed by atoms with van der Waals surface area (Å²) >= 11 is 0. The van der Waals surface area contributed by atoms with Crippen LogP contribution in [-0.4, -0.2) is 48.6 Å². The topological polar surface area (TPSA) is 85.3 Å². The van der Waals surface area contributed by atoms with Gasteiger partial charge in [-0.2, -0.15) is 0 Å². The maximum absolute atomic E-state index is 13.2. The van der Waals surface area contributed by atoms with Crippen molar-refractivity contribution in [3.05, 3.63) is 59.2 Å². The SMILES string of the molecule is CCCCN1C(=O)C(=O)/C(=C(/O)c2c(OC)cccc2OC)C1c1ccc(OC(C)C)cc1. The van der Waals surface area contributed by atoms with Gasteiger partial charge in [0.15, 0.2) is 0 Å². The highest BCUT2D eigenvalue weighted by Gasteiger charge is 2.46. The van der Waals surface area contributed by atoms with Gasteiger partial charge in [-0.05, 0) is 50.1 Å². The Balaban J connectivity index is 2.19. The van der Waals surface area contributed by atoms with Crippen molar-refractivity contribution < 1.29 is 28.9 Å². The quantitative estimate of drug-likeness (QED) is 0.336. The smallest absolute Gasteiger partial charge is 0.295 e. The monoisotopic (exact) mass is 453 g/mol. The van der Waals surface area contributed by atoms with Crippen molar-refractivity contribution >= 4 is 17.4 Å². The highest BCUT2D eigenvalue weighted by atomic mass is 16.5. The van der Waals surface area contributed by atoms with E-state index in [4.69, 9.17) is 14.2 Å². The number of ketones is 1. The second-order valence-corrected chi connectivity index (χ2v) is 8.12. The molecule has 1 unspecified atom stereocenters. The number of aliphatic hydroxyl groups excluding tert-OH is 1. The molecule has 1 heterocycles. The van der Waals surface area contributed by atoms with E-state index in [1.54, 1.807) is 30.3 Å². The van der Waals surface area contributed by atoms with E-state index in [0.29, 0.717) is 29.4 Å². The van der Waals surface area contributed by atoms with Crippen molar-refractivity contribution in [2.45, 2.75) is 45.8 Å². The molecule has 1 saturated heterocycles. The molecule has 1 amide bonds. The average molecular weight is 454 g/mol. The number of ether oxygens (including phenoxy) is 3. The van der Waals surface area contributed by atoms with Gasteiger partial charge in [0.05, 0.1) is 31.9 Å². The van der Waals surface area contributed by atoms with Crippen molar-refractivity contribution in [3.8, 4) is 17.2 Å². The molecule has 33 heavy (non-hydrogen) atoms. The van der Waals surface area contributed by atoms with Gasteiger partial charge in [-0.25, -0.2) is 0 Å². The molecule has 7 nitrogen and oxygen atoms in total. The van der Waals surface area contributed by atoms with Crippen LogP contribution in [0.1, 0.15) is 50.8 Å². The van der Waals surface area contributed by atoms with E-state index in [2.05, 4.69) is 0 Å². The summed E-state index contributed by atoms with van der Waals surface area (Å²) in [5.74, 6) is -0.327.